The largest absolute Gasteiger partial charge is 0.497 e. The molecule has 0 unspecified atom stereocenters. The number of halogens is 1. The quantitative estimate of drug-likeness (QED) is 0.262. The number of anilines is 1. The molecule has 0 spiro atoms. The summed E-state index contributed by atoms with van der Waals surface area (Å²) in [6, 6.07) is 17.6. The zero-order valence-corrected chi connectivity index (χ0v) is 25.8. The highest BCUT2D eigenvalue weighted by Gasteiger charge is 2.32. The van der Waals surface area contributed by atoms with E-state index in [0.717, 1.165) is 33.8 Å². The second kappa shape index (κ2) is 14.4. The van der Waals surface area contributed by atoms with Gasteiger partial charge in [-0.1, -0.05) is 60.8 Å². The first-order chi connectivity index (χ1) is 19.5. The summed E-state index contributed by atoms with van der Waals surface area (Å²) in [5.41, 5.74) is 2.68. The normalized spacial score (nSPS) is 12.0. The van der Waals surface area contributed by atoms with Gasteiger partial charge >= 0.3 is 0 Å². The van der Waals surface area contributed by atoms with Crippen molar-refractivity contribution in [2.75, 3.05) is 24.5 Å². The highest BCUT2D eigenvalue weighted by Crippen LogP contribution is 2.29. The molecule has 3 aromatic carbocycles. The number of amides is 2. The Hall–Kier alpha value is -3.56. The first kappa shape index (κ1) is 32.0. The summed E-state index contributed by atoms with van der Waals surface area (Å²) in [5.74, 6) is -0.193. The predicted octanol–water partition coefficient (Wildman–Crippen LogP) is 5.49. The summed E-state index contributed by atoms with van der Waals surface area (Å²) in [6.07, 6.45) is 1.72. The molecule has 0 aliphatic carbocycles. The summed E-state index contributed by atoms with van der Waals surface area (Å²) in [5, 5.41) is 3.25. The van der Waals surface area contributed by atoms with Crippen molar-refractivity contribution in [3.8, 4) is 5.75 Å². The number of rotatable bonds is 13. The molecule has 8 nitrogen and oxygen atoms in total. The maximum Gasteiger partial charge on any atom is 0.264 e. The van der Waals surface area contributed by atoms with Gasteiger partial charge in [-0.15, -0.1) is 0 Å². The van der Waals surface area contributed by atoms with E-state index >= 15 is 0 Å². The molecule has 0 saturated heterocycles. The van der Waals surface area contributed by atoms with Gasteiger partial charge in [-0.2, -0.15) is 0 Å². The predicted molar refractivity (Wildman–Crippen MR) is 163 cm³/mol. The molecule has 0 radical (unpaired) electrons. The third kappa shape index (κ3) is 8.24. The molecule has 3 rings (SSSR count). The Morgan fingerprint density at radius 1 is 1.00 bits per heavy atom. The Labute approximate surface area is 248 Å². The van der Waals surface area contributed by atoms with Gasteiger partial charge in [0, 0.05) is 18.1 Å². The van der Waals surface area contributed by atoms with Crippen molar-refractivity contribution in [3.63, 3.8) is 0 Å². The van der Waals surface area contributed by atoms with Crippen LogP contribution in [-0.4, -0.2) is 51.4 Å². The number of nitrogens with zero attached hydrogens (tertiary/aromatic N) is 2. The van der Waals surface area contributed by atoms with Crippen LogP contribution in [0.3, 0.4) is 0 Å². The Morgan fingerprint density at radius 3 is 2.24 bits per heavy atom. The highest BCUT2D eigenvalue weighted by molar-refractivity contribution is 7.92. The van der Waals surface area contributed by atoms with Crippen LogP contribution in [0.15, 0.2) is 71.6 Å². The third-order valence-corrected chi connectivity index (χ3v) is 9.04. The Balaban J connectivity index is 2.02. The molecule has 41 heavy (non-hydrogen) atoms. The van der Waals surface area contributed by atoms with Gasteiger partial charge in [-0.25, -0.2) is 8.42 Å². The van der Waals surface area contributed by atoms with Crippen LogP contribution in [0.1, 0.15) is 43.4 Å². The van der Waals surface area contributed by atoms with Crippen molar-refractivity contribution in [1.82, 2.24) is 10.2 Å². The fraction of sp³-hybridized carbons (Fsp3) is 0.355. The maximum absolute atomic E-state index is 14.0. The van der Waals surface area contributed by atoms with Gasteiger partial charge < -0.3 is 15.0 Å². The van der Waals surface area contributed by atoms with Crippen molar-refractivity contribution in [2.24, 2.45) is 0 Å². The lowest BCUT2D eigenvalue weighted by atomic mass is 10.1. The summed E-state index contributed by atoms with van der Waals surface area (Å²) in [7, 11) is -2.60. The molecule has 10 heteroatoms. The van der Waals surface area contributed by atoms with E-state index in [1.165, 1.54) is 23.1 Å². The van der Waals surface area contributed by atoms with Crippen LogP contribution in [0.5, 0.6) is 5.75 Å². The van der Waals surface area contributed by atoms with E-state index < -0.39 is 28.5 Å². The number of ether oxygens (including phenoxy) is 1. The number of aryl methyl sites for hydroxylation is 2. The first-order valence-electron chi connectivity index (χ1n) is 13.5. The minimum atomic E-state index is -4.16. The topological polar surface area (TPSA) is 96.0 Å². The fourth-order valence-corrected chi connectivity index (χ4v) is 5.73. The number of sulfonamides is 1. The van der Waals surface area contributed by atoms with Gasteiger partial charge in [0.2, 0.25) is 11.8 Å². The number of hydrogen-bond donors (Lipinski definition) is 1. The summed E-state index contributed by atoms with van der Waals surface area (Å²) < 4.78 is 34.1. The summed E-state index contributed by atoms with van der Waals surface area (Å²) in [6.45, 7) is 7.39. The van der Waals surface area contributed by atoms with Crippen molar-refractivity contribution in [1.29, 1.82) is 0 Å². The van der Waals surface area contributed by atoms with E-state index in [1.807, 2.05) is 20.8 Å². The molecular weight excluding hydrogens is 562 g/mol. The molecule has 0 aromatic heterocycles. The number of methoxy groups -OCH3 is 1. The molecule has 0 fully saturated rings. The van der Waals surface area contributed by atoms with Gasteiger partial charge in [0.25, 0.3) is 10.0 Å². The maximum atomic E-state index is 14.0. The van der Waals surface area contributed by atoms with Crippen LogP contribution < -0.4 is 14.4 Å². The van der Waals surface area contributed by atoms with E-state index in [9.17, 15) is 18.0 Å². The number of benzene rings is 3. The van der Waals surface area contributed by atoms with Crippen LogP contribution in [-0.2, 0) is 26.2 Å². The van der Waals surface area contributed by atoms with E-state index in [-0.39, 0.29) is 23.0 Å². The lowest BCUT2D eigenvalue weighted by Gasteiger charge is -2.32. The van der Waals surface area contributed by atoms with Crippen molar-refractivity contribution in [2.45, 2.75) is 58.0 Å². The van der Waals surface area contributed by atoms with Crippen LogP contribution in [0.25, 0.3) is 0 Å². The Bertz CT molecular complexity index is 1440. The number of unbranched alkanes of at least 4 members (excludes halogenated alkanes) is 1. The lowest BCUT2D eigenvalue weighted by molar-refractivity contribution is -0.139. The van der Waals surface area contributed by atoms with Crippen LogP contribution in [0.4, 0.5) is 5.69 Å². The minimum absolute atomic E-state index is 0.0414. The molecule has 1 N–H and O–H groups in total. The van der Waals surface area contributed by atoms with Crippen LogP contribution in [0, 0.1) is 13.8 Å². The van der Waals surface area contributed by atoms with Gasteiger partial charge in [0.15, 0.2) is 0 Å². The molecule has 2 amide bonds. The molecule has 0 bridgehead atoms. The number of nitrogens with one attached hydrogen (secondary N) is 1. The molecule has 220 valence electrons. The number of hydrogen-bond acceptors (Lipinski definition) is 5. The number of carbonyl (C=O) groups is 2. The zero-order valence-electron chi connectivity index (χ0n) is 24.2. The molecule has 0 heterocycles. The van der Waals surface area contributed by atoms with Gasteiger partial charge in [-0.05, 0) is 74.7 Å². The molecule has 0 aliphatic heterocycles. The standard InChI is InChI=1S/C31H38ClN3O5S/c1-6-7-18-33-31(37)24(4)34(20-25-11-14-27(40-5)15-12-25)30(36)21-35(26-13-10-23(3)29(32)19-26)41(38,39)28-16-8-22(2)9-17-28/h8-17,19,24H,6-7,18,20-21H2,1-5H3,(H,33,37)/t24-/m1/s1. The monoisotopic (exact) mass is 599 g/mol. The Morgan fingerprint density at radius 2 is 1.66 bits per heavy atom. The number of carbonyl (C=O) groups excluding carboxylic acids is 2. The Kier molecular flexibility index (Phi) is 11.2. The lowest BCUT2D eigenvalue weighted by Crippen LogP contribution is -2.51. The fourth-order valence-electron chi connectivity index (χ4n) is 4.15. The molecular formula is C31H38ClN3O5S. The SMILES string of the molecule is CCCCNC(=O)[C@@H](C)N(Cc1ccc(OC)cc1)C(=O)CN(c1ccc(C)c(Cl)c1)S(=O)(=O)c1ccc(C)cc1. The second-order valence-electron chi connectivity index (χ2n) is 9.95. The van der Waals surface area contributed by atoms with E-state index in [0.29, 0.717) is 17.3 Å². The van der Waals surface area contributed by atoms with Gasteiger partial charge in [0.1, 0.15) is 18.3 Å². The smallest absolute Gasteiger partial charge is 0.264 e. The highest BCUT2D eigenvalue weighted by atomic mass is 35.5. The summed E-state index contributed by atoms with van der Waals surface area (Å²) >= 11 is 6.38. The van der Waals surface area contributed by atoms with E-state index in [1.54, 1.807) is 62.6 Å². The van der Waals surface area contributed by atoms with Crippen LogP contribution >= 0.6 is 11.6 Å². The molecule has 0 saturated carbocycles. The van der Waals surface area contributed by atoms with E-state index in [4.69, 9.17) is 16.3 Å². The van der Waals surface area contributed by atoms with Crippen LogP contribution in [0.2, 0.25) is 5.02 Å². The zero-order chi connectivity index (χ0) is 30.2. The van der Waals surface area contributed by atoms with Crippen molar-refractivity contribution in [3.05, 3.63) is 88.4 Å². The third-order valence-electron chi connectivity index (χ3n) is 6.84. The molecule has 3 aromatic rings. The van der Waals surface area contributed by atoms with Crippen molar-refractivity contribution < 1.29 is 22.7 Å². The average molecular weight is 600 g/mol. The summed E-state index contributed by atoms with van der Waals surface area (Å²) in [4.78, 5) is 28.5. The van der Waals surface area contributed by atoms with Crippen molar-refractivity contribution >= 4 is 39.1 Å². The average Bonchev–Trinajstić information content (AvgIpc) is 2.96. The van der Waals surface area contributed by atoms with E-state index in [2.05, 4.69) is 5.32 Å². The molecule has 0 aliphatic rings. The molecule has 1 atom stereocenters. The minimum Gasteiger partial charge on any atom is -0.497 e. The first-order valence-corrected chi connectivity index (χ1v) is 15.4. The van der Waals surface area contributed by atoms with Gasteiger partial charge in [-0.3, -0.25) is 13.9 Å². The second-order valence-corrected chi connectivity index (χ2v) is 12.2. The van der Waals surface area contributed by atoms with Gasteiger partial charge in [0.05, 0.1) is 17.7 Å².